The molecular formula is C12H22N6O. The van der Waals surface area contributed by atoms with Gasteiger partial charge in [-0.3, -0.25) is 4.79 Å². The maximum Gasteiger partial charge on any atom is 0.239 e. The maximum absolute atomic E-state index is 11.6. The largest absolute Gasteiger partial charge is 0.361 e. The maximum atomic E-state index is 11.6. The molecule has 0 saturated carbocycles. The number of aromatic nitrogens is 2. The first-order valence-corrected chi connectivity index (χ1v) is 6.39. The number of hydrogen-bond acceptors (Lipinski definition) is 6. The van der Waals surface area contributed by atoms with Crippen LogP contribution in [0.4, 0.5) is 11.6 Å². The number of hydrogen-bond donors (Lipinski definition) is 4. The highest BCUT2D eigenvalue weighted by Gasteiger charge is 2.10. The van der Waals surface area contributed by atoms with Crippen LogP contribution in [0.15, 0.2) is 6.33 Å². The SMILES string of the molecule is CCc1c(NN)ncnc1NCC(=O)NCC(C)C. The molecule has 0 spiro atoms. The van der Waals surface area contributed by atoms with Crippen molar-refractivity contribution in [3.63, 3.8) is 0 Å². The molecule has 7 heteroatoms. The van der Waals surface area contributed by atoms with Crippen LogP contribution in [-0.2, 0) is 11.2 Å². The lowest BCUT2D eigenvalue weighted by Gasteiger charge is -2.13. The minimum Gasteiger partial charge on any atom is -0.361 e. The van der Waals surface area contributed by atoms with Gasteiger partial charge in [-0.2, -0.15) is 0 Å². The Bertz CT molecular complexity index is 421. The zero-order valence-corrected chi connectivity index (χ0v) is 11.7. The zero-order valence-electron chi connectivity index (χ0n) is 11.7. The minimum absolute atomic E-state index is 0.0587. The molecule has 7 nitrogen and oxygen atoms in total. The molecule has 0 aromatic carbocycles. The molecule has 1 aromatic heterocycles. The van der Waals surface area contributed by atoms with Crippen molar-refractivity contribution < 1.29 is 4.79 Å². The molecule has 0 saturated heterocycles. The highest BCUT2D eigenvalue weighted by molar-refractivity contribution is 5.80. The number of nitrogens with zero attached hydrogens (tertiary/aromatic N) is 2. The van der Waals surface area contributed by atoms with Crippen molar-refractivity contribution in [1.29, 1.82) is 0 Å². The van der Waals surface area contributed by atoms with Crippen LogP contribution >= 0.6 is 0 Å². The first-order chi connectivity index (χ1) is 9.08. The van der Waals surface area contributed by atoms with E-state index in [1.165, 1.54) is 6.33 Å². The number of nitrogens with two attached hydrogens (primary N) is 1. The molecule has 0 radical (unpaired) electrons. The molecule has 0 fully saturated rings. The van der Waals surface area contributed by atoms with Gasteiger partial charge >= 0.3 is 0 Å². The molecule has 0 aliphatic heterocycles. The third kappa shape index (κ3) is 4.70. The van der Waals surface area contributed by atoms with Gasteiger partial charge in [-0.25, -0.2) is 15.8 Å². The number of anilines is 2. The lowest BCUT2D eigenvalue weighted by Crippen LogP contribution is -2.32. The Balaban J connectivity index is 2.60. The Kier molecular flexibility index (Phi) is 6.01. The zero-order chi connectivity index (χ0) is 14.3. The Hall–Kier alpha value is -1.89. The summed E-state index contributed by atoms with van der Waals surface area (Å²) >= 11 is 0. The number of rotatable bonds is 7. The number of hydrazine groups is 1. The average Bonchev–Trinajstić information content (AvgIpc) is 2.42. The smallest absolute Gasteiger partial charge is 0.239 e. The highest BCUT2D eigenvalue weighted by Crippen LogP contribution is 2.18. The molecule has 19 heavy (non-hydrogen) atoms. The van der Waals surface area contributed by atoms with Crippen molar-refractivity contribution >= 4 is 17.5 Å². The van der Waals surface area contributed by atoms with Gasteiger partial charge in [0, 0.05) is 12.1 Å². The van der Waals surface area contributed by atoms with Crippen LogP contribution in [0.1, 0.15) is 26.3 Å². The van der Waals surface area contributed by atoms with Gasteiger partial charge in [-0.1, -0.05) is 20.8 Å². The van der Waals surface area contributed by atoms with Crippen LogP contribution in [0.25, 0.3) is 0 Å². The molecule has 0 bridgehead atoms. The highest BCUT2D eigenvalue weighted by atomic mass is 16.1. The molecule has 0 unspecified atom stereocenters. The third-order valence-electron chi connectivity index (χ3n) is 2.56. The Morgan fingerprint density at radius 2 is 2.05 bits per heavy atom. The summed E-state index contributed by atoms with van der Waals surface area (Å²) in [6.45, 7) is 6.92. The van der Waals surface area contributed by atoms with E-state index in [1.807, 2.05) is 20.8 Å². The van der Waals surface area contributed by atoms with Crippen molar-refractivity contribution in [2.75, 3.05) is 23.8 Å². The molecule has 106 valence electrons. The average molecular weight is 266 g/mol. The second kappa shape index (κ2) is 7.52. The number of nitrogens with one attached hydrogen (secondary N) is 3. The Morgan fingerprint density at radius 1 is 1.37 bits per heavy atom. The van der Waals surface area contributed by atoms with Gasteiger partial charge < -0.3 is 16.1 Å². The predicted molar refractivity (Wildman–Crippen MR) is 75.6 cm³/mol. The molecule has 1 rings (SSSR count). The predicted octanol–water partition coefficient (Wildman–Crippen LogP) is 0.509. The first kappa shape index (κ1) is 15.2. The summed E-state index contributed by atoms with van der Waals surface area (Å²) in [6, 6.07) is 0. The van der Waals surface area contributed by atoms with Gasteiger partial charge in [0.25, 0.3) is 0 Å². The van der Waals surface area contributed by atoms with Crippen molar-refractivity contribution in [3.8, 4) is 0 Å². The molecule has 1 amide bonds. The number of amides is 1. The van der Waals surface area contributed by atoms with Crippen molar-refractivity contribution in [1.82, 2.24) is 15.3 Å². The van der Waals surface area contributed by atoms with E-state index in [1.54, 1.807) is 0 Å². The van der Waals surface area contributed by atoms with E-state index < -0.39 is 0 Å². The summed E-state index contributed by atoms with van der Waals surface area (Å²) in [4.78, 5) is 19.8. The minimum atomic E-state index is -0.0587. The van der Waals surface area contributed by atoms with Crippen LogP contribution in [0.2, 0.25) is 0 Å². The van der Waals surface area contributed by atoms with E-state index in [-0.39, 0.29) is 12.5 Å². The first-order valence-electron chi connectivity index (χ1n) is 6.39. The summed E-state index contributed by atoms with van der Waals surface area (Å²) < 4.78 is 0. The number of carbonyl (C=O) groups excluding carboxylic acids is 1. The third-order valence-corrected chi connectivity index (χ3v) is 2.56. The van der Waals surface area contributed by atoms with E-state index in [9.17, 15) is 4.79 Å². The Labute approximate surface area is 113 Å². The molecule has 1 heterocycles. The summed E-state index contributed by atoms with van der Waals surface area (Å²) in [5.41, 5.74) is 3.39. The van der Waals surface area contributed by atoms with E-state index >= 15 is 0 Å². The fourth-order valence-electron chi connectivity index (χ4n) is 1.57. The normalized spacial score (nSPS) is 10.4. The van der Waals surface area contributed by atoms with Crippen LogP contribution in [0, 0.1) is 5.92 Å². The summed E-state index contributed by atoms with van der Waals surface area (Å²) in [5, 5.41) is 5.84. The molecule has 0 aliphatic rings. The van der Waals surface area contributed by atoms with E-state index in [2.05, 4.69) is 26.0 Å². The van der Waals surface area contributed by atoms with Crippen molar-refractivity contribution in [2.45, 2.75) is 27.2 Å². The van der Waals surface area contributed by atoms with Gasteiger partial charge in [0.2, 0.25) is 5.91 Å². The van der Waals surface area contributed by atoms with Crippen LogP contribution in [0.3, 0.4) is 0 Å². The van der Waals surface area contributed by atoms with Gasteiger partial charge in [0.15, 0.2) is 0 Å². The van der Waals surface area contributed by atoms with Crippen molar-refractivity contribution in [2.24, 2.45) is 11.8 Å². The lowest BCUT2D eigenvalue weighted by atomic mass is 10.2. The van der Waals surface area contributed by atoms with Gasteiger partial charge in [0.05, 0.1) is 6.54 Å². The van der Waals surface area contributed by atoms with Gasteiger partial charge in [0.1, 0.15) is 18.0 Å². The molecular weight excluding hydrogens is 244 g/mol. The topological polar surface area (TPSA) is 105 Å². The molecule has 0 aliphatic carbocycles. The fourth-order valence-corrected chi connectivity index (χ4v) is 1.57. The summed E-state index contributed by atoms with van der Waals surface area (Å²) in [7, 11) is 0. The van der Waals surface area contributed by atoms with Crippen molar-refractivity contribution in [3.05, 3.63) is 11.9 Å². The molecule has 0 atom stereocenters. The monoisotopic (exact) mass is 266 g/mol. The van der Waals surface area contributed by atoms with E-state index in [0.717, 1.165) is 12.0 Å². The molecule has 1 aromatic rings. The van der Waals surface area contributed by atoms with Crippen LogP contribution in [0.5, 0.6) is 0 Å². The second-order valence-corrected chi connectivity index (χ2v) is 4.60. The summed E-state index contributed by atoms with van der Waals surface area (Å²) in [6.07, 6.45) is 2.12. The lowest BCUT2D eigenvalue weighted by molar-refractivity contribution is -0.119. The standard InChI is InChI=1S/C12H22N6O/c1-4-9-11(16-7-17-12(9)18-13)15-6-10(19)14-5-8(2)3/h7-8H,4-6,13H2,1-3H3,(H,14,19)(H2,15,16,17,18). The fraction of sp³-hybridized carbons (Fsp3) is 0.583. The van der Waals surface area contributed by atoms with E-state index in [0.29, 0.717) is 24.1 Å². The van der Waals surface area contributed by atoms with Crippen LogP contribution in [-0.4, -0.2) is 29.0 Å². The van der Waals surface area contributed by atoms with E-state index in [4.69, 9.17) is 5.84 Å². The van der Waals surface area contributed by atoms with Gasteiger partial charge in [-0.15, -0.1) is 0 Å². The number of carbonyl (C=O) groups is 1. The quantitative estimate of drug-likeness (QED) is 0.423. The molecule has 5 N–H and O–H groups in total. The Morgan fingerprint density at radius 3 is 2.63 bits per heavy atom. The summed E-state index contributed by atoms with van der Waals surface area (Å²) in [5.74, 6) is 6.96. The van der Waals surface area contributed by atoms with Crippen LogP contribution < -0.4 is 21.9 Å². The second-order valence-electron chi connectivity index (χ2n) is 4.60. The van der Waals surface area contributed by atoms with Gasteiger partial charge in [-0.05, 0) is 12.3 Å². The number of nitrogen functional groups attached to an aromatic ring is 1.